The number of hydrogen-bond donors (Lipinski definition) is 1. The number of aliphatic hydroxyl groups excluding tert-OH is 1. The number of aromatic nitrogens is 2. The van der Waals surface area contributed by atoms with Crippen LogP contribution >= 0.6 is 0 Å². The van der Waals surface area contributed by atoms with E-state index in [-0.39, 0.29) is 4.90 Å². The molecule has 6 nitrogen and oxygen atoms in total. The standard InChI is InChI=1S/C15H19N3O3S/c19-14-6-8-18(9-7-14)22(20,21)15-10-16-17(12-15)11-13-4-2-1-3-5-13/h1-5,10,12,14,19H,6-9,11H2. The monoisotopic (exact) mass is 321 g/mol. The summed E-state index contributed by atoms with van der Waals surface area (Å²) in [6, 6.07) is 9.77. The number of nitrogens with zero attached hydrogens (tertiary/aromatic N) is 3. The van der Waals surface area contributed by atoms with Crippen molar-refractivity contribution in [3.8, 4) is 0 Å². The summed E-state index contributed by atoms with van der Waals surface area (Å²) in [5, 5.41) is 13.6. The third-order valence-electron chi connectivity index (χ3n) is 3.86. The van der Waals surface area contributed by atoms with Gasteiger partial charge in [-0.1, -0.05) is 30.3 Å². The maximum atomic E-state index is 12.6. The molecule has 1 aromatic heterocycles. The summed E-state index contributed by atoms with van der Waals surface area (Å²) in [5.41, 5.74) is 1.07. The van der Waals surface area contributed by atoms with E-state index in [2.05, 4.69) is 5.10 Å². The molecule has 1 aliphatic rings. The Balaban J connectivity index is 1.75. The molecule has 0 amide bonds. The van der Waals surface area contributed by atoms with Gasteiger partial charge in [-0.25, -0.2) is 8.42 Å². The lowest BCUT2D eigenvalue weighted by molar-refractivity contribution is 0.113. The van der Waals surface area contributed by atoms with Crippen molar-refractivity contribution >= 4 is 10.0 Å². The summed E-state index contributed by atoms with van der Waals surface area (Å²) < 4.78 is 28.1. The molecule has 2 heterocycles. The van der Waals surface area contributed by atoms with Crippen molar-refractivity contribution in [2.75, 3.05) is 13.1 Å². The zero-order valence-corrected chi connectivity index (χ0v) is 13.0. The van der Waals surface area contributed by atoms with E-state index in [4.69, 9.17) is 0 Å². The van der Waals surface area contributed by atoms with Crippen molar-refractivity contribution < 1.29 is 13.5 Å². The zero-order chi connectivity index (χ0) is 15.6. The Hall–Kier alpha value is -1.70. The van der Waals surface area contributed by atoms with Gasteiger partial charge in [0.05, 0.1) is 18.8 Å². The normalized spacial score (nSPS) is 17.7. The smallest absolute Gasteiger partial charge is 0.246 e. The number of hydrogen-bond acceptors (Lipinski definition) is 4. The van der Waals surface area contributed by atoms with Gasteiger partial charge in [0.15, 0.2) is 0 Å². The van der Waals surface area contributed by atoms with E-state index in [1.807, 2.05) is 30.3 Å². The summed E-state index contributed by atoms with van der Waals surface area (Å²) in [4.78, 5) is 0.208. The highest BCUT2D eigenvalue weighted by Crippen LogP contribution is 2.20. The van der Waals surface area contributed by atoms with Gasteiger partial charge in [0.2, 0.25) is 10.0 Å². The molecule has 22 heavy (non-hydrogen) atoms. The SMILES string of the molecule is O=S(=O)(c1cnn(Cc2ccccc2)c1)N1CCC(O)CC1. The van der Waals surface area contributed by atoms with Crippen LogP contribution in [-0.2, 0) is 16.6 Å². The van der Waals surface area contributed by atoms with Gasteiger partial charge < -0.3 is 5.11 Å². The zero-order valence-electron chi connectivity index (χ0n) is 12.2. The molecule has 0 bridgehead atoms. The van der Waals surface area contributed by atoms with E-state index in [9.17, 15) is 13.5 Å². The van der Waals surface area contributed by atoms with Crippen LogP contribution in [0.5, 0.6) is 0 Å². The molecule has 3 rings (SSSR count). The van der Waals surface area contributed by atoms with Gasteiger partial charge in [0.25, 0.3) is 0 Å². The highest BCUT2D eigenvalue weighted by molar-refractivity contribution is 7.89. The lowest BCUT2D eigenvalue weighted by Crippen LogP contribution is -2.39. The molecule has 118 valence electrons. The van der Waals surface area contributed by atoms with E-state index < -0.39 is 16.1 Å². The number of aliphatic hydroxyl groups is 1. The maximum absolute atomic E-state index is 12.6. The topological polar surface area (TPSA) is 75.4 Å². The first-order chi connectivity index (χ1) is 10.6. The van der Waals surface area contributed by atoms with E-state index in [1.165, 1.54) is 10.5 Å². The van der Waals surface area contributed by atoms with Crippen LogP contribution in [0.2, 0.25) is 0 Å². The Morgan fingerprint density at radius 2 is 1.86 bits per heavy atom. The third kappa shape index (κ3) is 3.21. The molecule has 0 spiro atoms. The minimum absolute atomic E-state index is 0.208. The number of benzene rings is 1. The van der Waals surface area contributed by atoms with Crippen molar-refractivity contribution in [3.05, 3.63) is 48.3 Å². The molecule has 2 aromatic rings. The molecule has 1 fully saturated rings. The van der Waals surface area contributed by atoms with Crippen molar-refractivity contribution in [1.82, 2.24) is 14.1 Å². The van der Waals surface area contributed by atoms with Crippen LogP contribution < -0.4 is 0 Å². The van der Waals surface area contributed by atoms with Gasteiger partial charge >= 0.3 is 0 Å². The molecule has 0 atom stereocenters. The predicted octanol–water partition coefficient (Wildman–Crippen LogP) is 1.08. The van der Waals surface area contributed by atoms with Crippen molar-refractivity contribution in [2.45, 2.75) is 30.4 Å². The summed E-state index contributed by atoms with van der Waals surface area (Å²) in [5.74, 6) is 0. The summed E-state index contributed by atoms with van der Waals surface area (Å²) in [7, 11) is -3.52. The fourth-order valence-corrected chi connectivity index (χ4v) is 3.99. The van der Waals surface area contributed by atoms with Crippen molar-refractivity contribution in [2.24, 2.45) is 0 Å². The van der Waals surface area contributed by atoms with E-state index in [1.54, 1.807) is 10.9 Å². The maximum Gasteiger partial charge on any atom is 0.246 e. The minimum atomic E-state index is -3.52. The third-order valence-corrected chi connectivity index (χ3v) is 5.71. The first kappa shape index (κ1) is 15.2. The van der Waals surface area contributed by atoms with Crippen LogP contribution in [0.1, 0.15) is 18.4 Å². The van der Waals surface area contributed by atoms with Gasteiger partial charge in [0, 0.05) is 19.3 Å². The summed E-state index contributed by atoms with van der Waals surface area (Å²) >= 11 is 0. The molecule has 0 radical (unpaired) electrons. The summed E-state index contributed by atoms with van der Waals surface area (Å²) in [6.45, 7) is 1.25. The first-order valence-corrected chi connectivity index (χ1v) is 8.74. The molecule has 0 aliphatic carbocycles. The van der Waals surface area contributed by atoms with Gasteiger partial charge in [-0.2, -0.15) is 9.40 Å². The van der Waals surface area contributed by atoms with E-state index >= 15 is 0 Å². The van der Waals surface area contributed by atoms with E-state index in [0.29, 0.717) is 32.5 Å². The van der Waals surface area contributed by atoms with Crippen LogP contribution in [0.15, 0.2) is 47.6 Å². The van der Waals surface area contributed by atoms with Gasteiger partial charge in [-0.3, -0.25) is 4.68 Å². The lowest BCUT2D eigenvalue weighted by Gasteiger charge is -2.28. The first-order valence-electron chi connectivity index (χ1n) is 7.30. The molecule has 7 heteroatoms. The number of sulfonamides is 1. The molecule has 0 saturated carbocycles. The highest BCUT2D eigenvalue weighted by Gasteiger charge is 2.29. The fourth-order valence-electron chi connectivity index (χ4n) is 2.57. The van der Waals surface area contributed by atoms with Gasteiger partial charge in [-0.05, 0) is 18.4 Å². The molecule has 1 N–H and O–H groups in total. The average Bonchev–Trinajstić information content (AvgIpc) is 2.98. The minimum Gasteiger partial charge on any atom is -0.393 e. The Kier molecular flexibility index (Phi) is 4.28. The second-order valence-electron chi connectivity index (χ2n) is 5.49. The summed E-state index contributed by atoms with van der Waals surface area (Å²) in [6.07, 6.45) is 3.53. The predicted molar refractivity (Wildman–Crippen MR) is 81.8 cm³/mol. The molecule has 0 unspecified atom stereocenters. The van der Waals surface area contributed by atoms with Crippen LogP contribution in [0.3, 0.4) is 0 Å². The highest BCUT2D eigenvalue weighted by atomic mass is 32.2. The molecule has 1 aromatic carbocycles. The van der Waals surface area contributed by atoms with Crippen molar-refractivity contribution in [1.29, 1.82) is 0 Å². The fraction of sp³-hybridized carbons (Fsp3) is 0.400. The second kappa shape index (κ2) is 6.20. The molecular formula is C15H19N3O3S. The average molecular weight is 321 g/mol. The molecule has 1 saturated heterocycles. The Bertz CT molecular complexity index is 720. The lowest BCUT2D eigenvalue weighted by atomic mass is 10.1. The molecule has 1 aliphatic heterocycles. The van der Waals surface area contributed by atoms with Crippen LogP contribution in [-0.4, -0.2) is 46.8 Å². The van der Waals surface area contributed by atoms with Gasteiger partial charge in [0.1, 0.15) is 4.90 Å². The Morgan fingerprint density at radius 3 is 2.55 bits per heavy atom. The van der Waals surface area contributed by atoms with Crippen molar-refractivity contribution in [3.63, 3.8) is 0 Å². The largest absolute Gasteiger partial charge is 0.393 e. The number of piperidine rings is 1. The van der Waals surface area contributed by atoms with Gasteiger partial charge in [-0.15, -0.1) is 0 Å². The number of rotatable bonds is 4. The van der Waals surface area contributed by atoms with Crippen LogP contribution in [0.25, 0.3) is 0 Å². The quantitative estimate of drug-likeness (QED) is 0.914. The Labute approximate surface area is 130 Å². The van der Waals surface area contributed by atoms with Crippen LogP contribution in [0.4, 0.5) is 0 Å². The van der Waals surface area contributed by atoms with E-state index in [0.717, 1.165) is 5.56 Å². The molecular weight excluding hydrogens is 302 g/mol. The Morgan fingerprint density at radius 1 is 1.18 bits per heavy atom. The second-order valence-corrected chi connectivity index (χ2v) is 7.43. The van der Waals surface area contributed by atoms with Crippen LogP contribution in [0, 0.1) is 0 Å².